The standard InChI is InChI=1S/C15H20ClN3O2/c1-19-7-6-18-14(19)4-8-21-15-12(16)9-11(3-5-17)10-13(15)20-2/h6-7,9-10H,3-5,8,17H2,1-2H3. The second-order valence-corrected chi connectivity index (χ2v) is 5.11. The van der Waals surface area contributed by atoms with Gasteiger partial charge in [-0.05, 0) is 30.7 Å². The number of nitrogens with two attached hydrogens (primary N) is 1. The third-order valence-corrected chi connectivity index (χ3v) is 3.50. The molecule has 0 fully saturated rings. The summed E-state index contributed by atoms with van der Waals surface area (Å²) in [7, 11) is 3.56. The van der Waals surface area contributed by atoms with Crippen LogP contribution in [0.15, 0.2) is 24.5 Å². The van der Waals surface area contributed by atoms with Gasteiger partial charge in [-0.2, -0.15) is 0 Å². The lowest BCUT2D eigenvalue weighted by atomic mass is 10.1. The smallest absolute Gasteiger partial charge is 0.179 e. The maximum absolute atomic E-state index is 6.27. The molecule has 0 amide bonds. The Morgan fingerprint density at radius 1 is 1.33 bits per heavy atom. The van der Waals surface area contributed by atoms with Crippen LogP contribution in [-0.4, -0.2) is 29.8 Å². The molecule has 5 nitrogen and oxygen atoms in total. The lowest BCUT2D eigenvalue weighted by Gasteiger charge is -2.14. The second kappa shape index (κ2) is 7.33. The first-order valence-corrected chi connectivity index (χ1v) is 7.19. The first-order chi connectivity index (χ1) is 10.2. The van der Waals surface area contributed by atoms with E-state index in [4.69, 9.17) is 26.8 Å². The molecule has 0 radical (unpaired) electrons. The summed E-state index contributed by atoms with van der Waals surface area (Å²) in [4.78, 5) is 4.26. The molecule has 0 saturated heterocycles. The summed E-state index contributed by atoms with van der Waals surface area (Å²) in [5.74, 6) is 2.16. The SMILES string of the molecule is COc1cc(CCN)cc(Cl)c1OCCc1nccn1C. The molecule has 2 N–H and O–H groups in total. The van der Waals surface area contributed by atoms with Crippen molar-refractivity contribution in [1.29, 1.82) is 0 Å². The summed E-state index contributed by atoms with van der Waals surface area (Å²) in [6.45, 7) is 1.05. The van der Waals surface area contributed by atoms with Gasteiger partial charge in [0, 0.05) is 25.9 Å². The number of methoxy groups -OCH3 is 1. The molecule has 0 bridgehead atoms. The van der Waals surface area contributed by atoms with Crippen LogP contribution in [0.3, 0.4) is 0 Å². The van der Waals surface area contributed by atoms with E-state index in [1.165, 1.54) is 0 Å². The van der Waals surface area contributed by atoms with Gasteiger partial charge in [-0.1, -0.05) is 11.6 Å². The topological polar surface area (TPSA) is 62.3 Å². The fourth-order valence-electron chi connectivity index (χ4n) is 2.11. The van der Waals surface area contributed by atoms with Gasteiger partial charge in [0.15, 0.2) is 11.5 Å². The van der Waals surface area contributed by atoms with Crippen molar-refractivity contribution in [3.8, 4) is 11.5 Å². The highest BCUT2D eigenvalue weighted by Gasteiger charge is 2.12. The van der Waals surface area contributed by atoms with Gasteiger partial charge >= 0.3 is 0 Å². The van der Waals surface area contributed by atoms with E-state index in [0.717, 1.165) is 17.8 Å². The number of aryl methyl sites for hydroxylation is 1. The zero-order chi connectivity index (χ0) is 15.2. The molecule has 0 aliphatic carbocycles. The molecule has 0 aliphatic heterocycles. The summed E-state index contributed by atoms with van der Waals surface area (Å²) in [5.41, 5.74) is 6.60. The van der Waals surface area contributed by atoms with Gasteiger partial charge in [0.1, 0.15) is 5.82 Å². The number of hydrogen-bond acceptors (Lipinski definition) is 4. The molecule has 114 valence electrons. The van der Waals surface area contributed by atoms with Crippen molar-refractivity contribution in [3.05, 3.63) is 40.9 Å². The Morgan fingerprint density at radius 3 is 2.76 bits per heavy atom. The molecule has 1 heterocycles. The van der Waals surface area contributed by atoms with Gasteiger partial charge in [-0.15, -0.1) is 0 Å². The Bertz CT molecular complexity index is 599. The van der Waals surface area contributed by atoms with Gasteiger partial charge in [0.05, 0.1) is 18.7 Å². The molecule has 2 aromatic rings. The van der Waals surface area contributed by atoms with Crippen LogP contribution in [0.4, 0.5) is 0 Å². The normalized spacial score (nSPS) is 10.7. The Morgan fingerprint density at radius 2 is 2.14 bits per heavy atom. The number of nitrogens with zero attached hydrogens (tertiary/aromatic N) is 2. The molecule has 0 unspecified atom stereocenters. The number of hydrogen-bond donors (Lipinski definition) is 1. The highest BCUT2D eigenvalue weighted by atomic mass is 35.5. The van der Waals surface area contributed by atoms with Crippen molar-refractivity contribution in [2.24, 2.45) is 12.8 Å². The maximum Gasteiger partial charge on any atom is 0.179 e. The zero-order valence-corrected chi connectivity index (χ0v) is 13.1. The van der Waals surface area contributed by atoms with E-state index in [1.807, 2.05) is 29.9 Å². The van der Waals surface area contributed by atoms with Crippen molar-refractivity contribution in [2.75, 3.05) is 20.3 Å². The summed E-state index contributed by atoms with van der Waals surface area (Å²) < 4.78 is 13.1. The Balaban J connectivity index is 2.06. The molecule has 0 saturated carbocycles. The minimum Gasteiger partial charge on any atom is -0.493 e. The first kappa shape index (κ1) is 15.7. The molecule has 0 atom stereocenters. The molecule has 1 aromatic heterocycles. The number of halogens is 1. The van der Waals surface area contributed by atoms with E-state index in [9.17, 15) is 0 Å². The molecule has 0 spiro atoms. The maximum atomic E-state index is 6.27. The van der Waals surface area contributed by atoms with E-state index in [0.29, 0.717) is 36.1 Å². The van der Waals surface area contributed by atoms with Crippen LogP contribution in [0.5, 0.6) is 11.5 Å². The molecule has 21 heavy (non-hydrogen) atoms. The fraction of sp³-hybridized carbons (Fsp3) is 0.400. The van der Waals surface area contributed by atoms with E-state index in [2.05, 4.69) is 4.98 Å². The molecule has 0 aliphatic rings. The van der Waals surface area contributed by atoms with Gasteiger partial charge in [0.25, 0.3) is 0 Å². The second-order valence-electron chi connectivity index (χ2n) is 4.70. The number of benzene rings is 1. The third kappa shape index (κ3) is 3.89. The number of ether oxygens (including phenoxy) is 2. The van der Waals surface area contributed by atoms with Crippen molar-refractivity contribution < 1.29 is 9.47 Å². The van der Waals surface area contributed by atoms with Gasteiger partial charge in [-0.25, -0.2) is 4.98 Å². The lowest BCUT2D eigenvalue weighted by Crippen LogP contribution is -2.08. The van der Waals surface area contributed by atoms with Crippen LogP contribution in [0.2, 0.25) is 5.02 Å². The number of aromatic nitrogens is 2. The minimum atomic E-state index is 0.483. The van der Waals surface area contributed by atoms with Crippen LogP contribution in [0.1, 0.15) is 11.4 Å². The van der Waals surface area contributed by atoms with Crippen LogP contribution in [-0.2, 0) is 19.9 Å². The van der Waals surface area contributed by atoms with Crippen LogP contribution in [0, 0.1) is 0 Å². The Kier molecular flexibility index (Phi) is 5.47. The number of rotatable bonds is 7. The predicted octanol–water partition coefficient (Wildman–Crippen LogP) is 2.20. The zero-order valence-electron chi connectivity index (χ0n) is 12.3. The van der Waals surface area contributed by atoms with Gasteiger partial charge < -0.3 is 19.8 Å². The average molecular weight is 310 g/mol. The van der Waals surface area contributed by atoms with Gasteiger partial charge in [0.2, 0.25) is 0 Å². The average Bonchev–Trinajstić information content (AvgIpc) is 2.86. The summed E-state index contributed by atoms with van der Waals surface area (Å²) in [6.07, 6.45) is 5.13. The third-order valence-electron chi connectivity index (χ3n) is 3.22. The van der Waals surface area contributed by atoms with Crippen molar-refractivity contribution in [3.63, 3.8) is 0 Å². The molecular formula is C15H20ClN3O2. The quantitative estimate of drug-likeness (QED) is 0.852. The van der Waals surface area contributed by atoms with Crippen molar-refractivity contribution >= 4 is 11.6 Å². The lowest BCUT2D eigenvalue weighted by molar-refractivity contribution is 0.294. The van der Waals surface area contributed by atoms with Crippen molar-refractivity contribution in [2.45, 2.75) is 12.8 Å². The first-order valence-electron chi connectivity index (χ1n) is 6.81. The summed E-state index contributed by atoms with van der Waals surface area (Å²) >= 11 is 6.27. The van der Waals surface area contributed by atoms with E-state index in [1.54, 1.807) is 13.3 Å². The highest BCUT2D eigenvalue weighted by Crippen LogP contribution is 2.36. The molecule has 1 aromatic carbocycles. The fourth-order valence-corrected chi connectivity index (χ4v) is 2.39. The van der Waals surface area contributed by atoms with Crippen LogP contribution < -0.4 is 15.2 Å². The van der Waals surface area contributed by atoms with Crippen LogP contribution >= 0.6 is 11.6 Å². The number of imidazole rings is 1. The monoisotopic (exact) mass is 309 g/mol. The molecule has 2 rings (SSSR count). The summed E-state index contributed by atoms with van der Waals surface area (Å²) in [5, 5.41) is 0.539. The predicted molar refractivity (Wildman–Crippen MR) is 83.2 cm³/mol. The molecular weight excluding hydrogens is 290 g/mol. The molecule has 6 heteroatoms. The van der Waals surface area contributed by atoms with E-state index in [-0.39, 0.29) is 0 Å². The van der Waals surface area contributed by atoms with E-state index < -0.39 is 0 Å². The van der Waals surface area contributed by atoms with E-state index >= 15 is 0 Å². The Hall–Kier alpha value is -1.72. The van der Waals surface area contributed by atoms with Crippen LogP contribution in [0.25, 0.3) is 0 Å². The largest absolute Gasteiger partial charge is 0.493 e. The minimum absolute atomic E-state index is 0.483. The van der Waals surface area contributed by atoms with Gasteiger partial charge in [-0.3, -0.25) is 0 Å². The van der Waals surface area contributed by atoms with Crippen molar-refractivity contribution in [1.82, 2.24) is 9.55 Å². The Labute approximate surface area is 129 Å². The summed E-state index contributed by atoms with van der Waals surface area (Å²) in [6, 6.07) is 3.78. The highest BCUT2D eigenvalue weighted by molar-refractivity contribution is 6.32.